The number of carbonyl (C=O) groups excluding carboxylic acids is 2. The lowest BCUT2D eigenvalue weighted by molar-refractivity contribution is -0.142. The number of methoxy groups -OCH3 is 1. The maximum atomic E-state index is 12.6. The van der Waals surface area contributed by atoms with E-state index in [2.05, 4.69) is 0 Å². The van der Waals surface area contributed by atoms with E-state index >= 15 is 0 Å². The van der Waals surface area contributed by atoms with Gasteiger partial charge >= 0.3 is 5.97 Å². The Labute approximate surface area is 132 Å². The van der Waals surface area contributed by atoms with E-state index in [1.165, 1.54) is 18.1 Å². The van der Waals surface area contributed by atoms with Crippen molar-refractivity contribution < 1.29 is 14.3 Å². The van der Waals surface area contributed by atoms with Crippen molar-refractivity contribution in [2.45, 2.75) is 47.1 Å². The minimum Gasteiger partial charge on any atom is -0.467 e. The Morgan fingerprint density at radius 2 is 1.95 bits per heavy atom. The molecule has 0 aliphatic carbocycles. The molecule has 0 heterocycles. The van der Waals surface area contributed by atoms with Crippen LogP contribution in [0.2, 0.25) is 0 Å². The summed E-state index contributed by atoms with van der Waals surface area (Å²) in [7, 11) is 1.33. The van der Waals surface area contributed by atoms with Gasteiger partial charge in [0.25, 0.3) is 5.91 Å². The molecular weight excluding hydrogens is 278 g/mol. The Morgan fingerprint density at radius 3 is 2.45 bits per heavy atom. The number of hydrogen-bond donors (Lipinski definition) is 0. The molecule has 0 fully saturated rings. The highest BCUT2D eigenvalue weighted by molar-refractivity contribution is 6.06. The monoisotopic (exact) mass is 303 g/mol. The SMILES string of the molecule is C/C=C/C(=O)N(c1c(CC)ccc(C)c1C)C(C)C(=O)OC. The van der Waals surface area contributed by atoms with Gasteiger partial charge < -0.3 is 4.74 Å². The largest absolute Gasteiger partial charge is 0.467 e. The highest BCUT2D eigenvalue weighted by Gasteiger charge is 2.29. The molecule has 1 aromatic carbocycles. The summed E-state index contributed by atoms with van der Waals surface area (Å²) in [6.07, 6.45) is 3.93. The van der Waals surface area contributed by atoms with Crippen LogP contribution in [0.5, 0.6) is 0 Å². The van der Waals surface area contributed by atoms with Crippen molar-refractivity contribution in [3.8, 4) is 0 Å². The van der Waals surface area contributed by atoms with Gasteiger partial charge in [-0.2, -0.15) is 0 Å². The standard InChI is InChI=1S/C18H25NO3/c1-7-9-16(20)19(14(5)18(21)22-6)17-13(4)12(3)10-11-15(17)8-2/h7,9-11,14H,8H2,1-6H3/b9-7+. The normalized spacial score (nSPS) is 12.3. The number of esters is 1. The molecule has 1 aromatic rings. The van der Waals surface area contributed by atoms with Crippen LogP contribution in [0.4, 0.5) is 5.69 Å². The molecule has 120 valence electrons. The third kappa shape index (κ3) is 3.56. The van der Waals surface area contributed by atoms with Crippen molar-refractivity contribution in [3.05, 3.63) is 41.0 Å². The van der Waals surface area contributed by atoms with Gasteiger partial charge in [0.2, 0.25) is 0 Å². The molecule has 0 N–H and O–H groups in total. The Morgan fingerprint density at radius 1 is 1.32 bits per heavy atom. The first kappa shape index (κ1) is 18.0. The van der Waals surface area contributed by atoms with Crippen LogP contribution in [0.25, 0.3) is 0 Å². The molecule has 1 unspecified atom stereocenters. The fourth-order valence-corrected chi connectivity index (χ4v) is 2.47. The summed E-state index contributed by atoms with van der Waals surface area (Å²) in [5, 5.41) is 0. The average Bonchev–Trinajstić information content (AvgIpc) is 2.51. The van der Waals surface area contributed by atoms with Crippen molar-refractivity contribution in [2.75, 3.05) is 12.0 Å². The fraction of sp³-hybridized carbons (Fsp3) is 0.444. The summed E-state index contributed by atoms with van der Waals surface area (Å²) in [5.41, 5.74) is 3.94. The maximum absolute atomic E-state index is 12.6. The van der Waals surface area contributed by atoms with Gasteiger partial charge in [-0.15, -0.1) is 0 Å². The molecule has 0 saturated carbocycles. The molecule has 0 aromatic heterocycles. The first-order chi connectivity index (χ1) is 10.4. The third-order valence-corrected chi connectivity index (χ3v) is 3.88. The Kier molecular flexibility index (Phi) is 6.35. The molecule has 0 bridgehead atoms. The molecule has 0 spiro atoms. The lowest BCUT2D eigenvalue weighted by Gasteiger charge is -2.30. The van der Waals surface area contributed by atoms with Crippen LogP contribution in [0.3, 0.4) is 0 Å². The van der Waals surface area contributed by atoms with Crippen LogP contribution in [0.15, 0.2) is 24.3 Å². The number of carbonyl (C=O) groups is 2. The van der Waals surface area contributed by atoms with Crippen LogP contribution in [-0.2, 0) is 20.7 Å². The van der Waals surface area contributed by atoms with Crippen molar-refractivity contribution in [1.29, 1.82) is 0 Å². The van der Waals surface area contributed by atoms with Gasteiger partial charge in [-0.1, -0.05) is 25.1 Å². The number of amides is 1. The Balaban J connectivity index is 3.55. The lowest BCUT2D eigenvalue weighted by Crippen LogP contribution is -2.44. The van der Waals surface area contributed by atoms with Crippen molar-refractivity contribution >= 4 is 17.6 Å². The van der Waals surface area contributed by atoms with Crippen LogP contribution in [-0.4, -0.2) is 25.0 Å². The van der Waals surface area contributed by atoms with Gasteiger partial charge in [0, 0.05) is 0 Å². The molecule has 4 heteroatoms. The van der Waals surface area contributed by atoms with E-state index in [4.69, 9.17) is 4.74 Å². The van der Waals surface area contributed by atoms with Crippen LogP contribution in [0, 0.1) is 13.8 Å². The van der Waals surface area contributed by atoms with Gasteiger partial charge in [0.15, 0.2) is 0 Å². The molecule has 0 saturated heterocycles. The van der Waals surface area contributed by atoms with E-state index in [-0.39, 0.29) is 5.91 Å². The van der Waals surface area contributed by atoms with Gasteiger partial charge in [-0.3, -0.25) is 9.69 Å². The first-order valence-electron chi connectivity index (χ1n) is 7.51. The van der Waals surface area contributed by atoms with Gasteiger partial charge in [0.05, 0.1) is 12.8 Å². The Bertz CT molecular complexity index is 590. The number of hydrogen-bond acceptors (Lipinski definition) is 3. The van der Waals surface area contributed by atoms with Gasteiger partial charge in [-0.25, -0.2) is 4.79 Å². The van der Waals surface area contributed by atoms with E-state index in [9.17, 15) is 9.59 Å². The summed E-state index contributed by atoms with van der Waals surface area (Å²) < 4.78 is 4.83. The lowest BCUT2D eigenvalue weighted by atomic mass is 9.99. The predicted octanol–water partition coefficient (Wildman–Crippen LogP) is 3.34. The van der Waals surface area contributed by atoms with E-state index in [0.29, 0.717) is 0 Å². The van der Waals surface area contributed by atoms with Crippen molar-refractivity contribution in [3.63, 3.8) is 0 Å². The maximum Gasteiger partial charge on any atom is 0.328 e. The summed E-state index contributed by atoms with van der Waals surface area (Å²) in [5.74, 6) is -0.649. The zero-order valence-corrected chi connectivity index (χ0v) is 14.3. The zero-order chi connectivity index (χ0) is 16.9. The van der Waals surface area contributed by atoms with E-state index < -0.39 is 12.0 Å². The minimum atomic E-state index is -0.681. The summed E-state index contributed by atoms with van der Waals surface area (Å²) in [6, 6.07) is 3.37. The molecule has 1 rings (SSSR count). The number of aryl methyl sites for hydroxylation is 2. The number of anilines is 1. The molecule has 1 amide bonds. The second-order valence-electron chi connectivity index (χ2n) is 5.28. The molecular formula is C18H25NO3. The number of nitrogens with zero attached hydrogens (tertiary/aromatic N) is 1. The fourth-order valence-electron chi connectivity index (χ4n) is 2.47. The van der Waals surface area contributed by atoms with Crippen molar-refractivity contribution in [2.24, 2.45) is 0 Å². The highest BCUT2D eigenvalue weighted by atomic mass is 16.5. The third-order valence-electron chi connectivity index (χ3n) is 3.88. The number of rotatable bonds is 5. The highest BCUT2D eigenvalue weighted by Crippen LogP contribution is 2.30. The topological polar surface area (TPSA) is 46.6 Å². The molecule has 22 heavy (non-hydrogen) atoms. The summed E-state index contributed by atoms with van der Waals surface area (Å²) in [4.78, 5) is 26.1. The van der Waals surface area contributed by atoms with E-state index in [1.54, 1.807) is 19.9 Å². The second-order valence-corrected chi connectivity index (χ2v) is 5.28. The first-order valence-corrected chi connectivity index (χ1v) is 7.51. The molecule has 0 radical (unpaired) electrons. The van der Waals surface area contributed by atoms with Crippen molar-refractivity contribution in [1.82, 2.24) is 0 Å². The van der Waals surface area contributed by atoms with E-state index in [1.807, 2.05) is 32.9 Å². The Hall–Kier alpha value is -2.10. The summed E-state index contributed by atoms with van der Waals surface area (Å²) in [6.45, 7) is 9.48. The quantitative estimate of drug-likeness (QED) is 0.619. The second kappa shape index (κ2) is 7.78. The van der Waals surface area contributed by atoms with Crippen LogP contribution in [0.1, 0.15) is 37.5 Å². The molecule has 1 atom stereocenters. The number of benzene rings is 1. The molecule has 4 nitrogen and oxygen atoms in total. The van der Waals surface area contributed by atoms with Crippen LogP contribution < -0.4 is 4.90 Å². The number of ether oxygens (including phenoxy) is 1. The van der Waals surface area contributed by atoms with Gasteiger partial charge in [-0.05, 0) is 56.9 Å². The van der Waals surface area contributed by atoms with Crippen LogP contribution >= 0.6 is 0 Å². The van der Waals surface area contributed by atoms with Gasteiger partial charge in [0.1, 0.15) is 6.04 Å². The summed E-state index contributed by atoms with van der Waals surface area (Å²) >= 11 is 0. The van der Waals surface area contributed by atoms with E-state index in [0.717, 1.165) is 28.8 Å². The smallest absolute Gasteiger partial charge is 0.328 e. The molecule has 0 aliphatic heterocycles. The predicted molar refractivity (Wildman–Crippen MR) is 89.1 cm³/mol. The molecule has 0 aliphatic rings. The number of allylic oxidation sites excluding steroid dienone is 1. The average molecular weight is 303 g/mol. The minimum absolute atomic E-state index is 0.219. The zero-order valence-electron chi connectivity index (χ0n) is 14.3.